The van der Waals surface area contributed by atoms with E-state index < -0.39 is 18.2 Å². The lowest BCUT2D eigenvalue weighted by Crippen LogP contribution is -2.45. The normalized spacial score (nSPS) is 27.1. The van der Waals surface area contributed by atoms with Crippen LogP contribution in [0, 0.1) is 13.8 Å². The van der Waals surface area contributed by atoms with Gasteiger partial charge < -0.3 is 19.9 Å². The minimum Gasteiger partial charge on any atom is -0.466 e. The zero-order valence-electron chi connectivity index (χ0n) is 12.9. The molecule has 23 heavy (non-hydrogen) atoms. The van der Waals surface area contributed by atoms with Crippen LogP contribution in [0.15, 0.2) is 29.2 Å². The largest absolute Gasteiger partial charge is 0.466 e. The van der Waals surface area contributed by atoms with E-state index in [1.54, 1.807) is 32.3 Å². The lowest BCUT2D eigenvalue weighted by Gasteiger charge is -2.23. The molecule has 3 N–H and O–H groups in total. The van der Waals surface area contributed by atoms with Gasteiger partial charge in [0, 0.05) is 18.3 Å². The summed E-state index contributed by atoms with van der Waals surface area (Å²) in [6.07, 6.45) is 3.07. The van der Waals surface area contributed by atoms with E-state index in [1.165, 1.54) is 6.33 Å². The van der Waals surface area contributed by atoms with Gasteiger partial charge in [-0.2, -0.15) is 0 Å². The first-order chi connectivity index (χ1) is 11.0. The van der Waals surface area contributed by atoms with Crippen LogP contribution < -0.4 is 5.32 Å². The molecule has 1 fully saturated rings. The van der Waals surface area contributed by atoms with Gasteiger partial charge in [0.2, 0.25) is 0 Å². The van der Waals surface area contributed by atoms with Crippen molar-refractivity contribution in [2.45, 2.75) is 44.4 Å². The minimum absolute atomic E-state index is 0.251. The summed E-state index contributed by atoms with van der Waals surface area (Å²) in [5.41, 5.74) is 1.20. The Bertz CT molecular complexity index is 701. The Morgan fingerprint density at radius 1 is 1.30 bits per heavy atom. The number of nitrogens with zero attached hydrogens (tertiary/aromatic N) is 2. The molecule has 122 valence electrons. The molecule has 2 aromatic heterocycles. The number of hydrogen-bond donors (Lipinski definition) is 3. The second-order valence-electron chi connectivity index (χ2n) is 5.90. The first-order valence-corrected chi connectivity index (χ1v) is 7.46. The van der Waals surface area contributed by atoms with E-state index in [9.17, 15) is 15.0 Å². The average Bonchev–Trinajstić information content (AvgIpc) is 3.01. The number of carbonyl (C=O) groups excluding carboxylic acids is 1. The highest BCUT2D eigenvalue weighted by Crippen LogP contribution is 2.35. The standard InChI is InChI=1S/C16H19N3O4/c1-8-3-11(9(2)23-8)16(22)19-14-12(4-13(20)15(14)21)10-5-17-7-18-6-10/h3,5-7,12-15,20-21H,4H2,1-2H3,(H,19,22)/t12-,13-,14-,15-/m1/s1. The van der Waals surface area contributed by atoms with Crippen LogP contribution in [0.4, 0.5) is 0 Å². The van der Waals surface area contributed by atoms with Gasteiger partial charge in [-0.25, -0.2) is 9.97 Å². The second kappa shape index (κ2) is 6.10. The first kappa shape index (κ1) is 15.6. The maximum Gasteiger partial charge on any atom is 0.255 e. The van der Waals surface area contributed by atoms with Crippen molar-refractivity contribution in [2.24, 2.45) is 0 Å². The Hall–Kier alpha value is -2.25. The number of carbonyl (C=O) groups is 1. The van der Waals surface area contributed by atoms with Gasteiger partial charge in [-0.05, 0) is 31.9 Å². The smallest absolute Gasteiger partial charge is 0.255 e. The van der Waals surface area contributed by atoms with Crippen molar-refractivity contribution in [3.05, 3.63) is 47.4 Å². The number of hydrogen-bond acceptors (Lipinski definition) is 6. The van der Waals surface area contributed by atoms with Crippen LogP contribution in [0.2, 0.25) is 0 Å². The molecule has 3 rings (SSSR count). The molecule has 0 spiro atoms. The third kappa shape index (κ3) is 2.97. The van der Waals surface area contributed by atoms with Crippen molar-refractivity contribution in [3.8, 4) is 0 Å². The van der Waals surface area contributed by atoms with E-state index in [2.05, 4.69) is 15.3 Å². The van der Waals surface area contributed by atoms with Crippen molar-refractivity contribution < 1.29 is 19.4 Å². The Balaban J connectivity index is 1.84. The third-order valence-corrected chi connectivity index (χ3v) is 4.28. The summed E-state index contributed by atoms with van der Waals surface area (Å²) in [4.78, 5) is 20.4. The predicted molar refractivity (Wildman–Crippen MR) is 80.8 cm³/mol. The van der Waals surface area contributed by atoms with Crippen LogP contribution >= 0.6 is 0 Å². The van der Waals surface area contributed by atoms with E-state index in [1.807, 2.05) is 0 Å². The number of aromatic nitrogens is 2. The first-order valence-electron chi connectivity index (χ1n) is 7.46. The zero-order valence-corrected chi connectivity index (χ0v) is 12.9. The van der Waals surface area contributed by atoms with Crippen molar-refractivity contribution in [1.82, 2.24) is 15.3 Å². The lowest BCUT2D eigenvalue weighted by atomic mass is 9.95. The molecular formula is C16H19N3O4. The molecule has 1 aliphatic rings. The van der Waals surface area contributed by atoms with Crippen molar-refractivity contribution >= 4 is 5.91 Å². The van der Waals surface area contributed by atoms with Crippen LogP contribution in [-0.4, -0.2) is 44.3 Å². The number of aliphatic hydroxyl groups is 2. The number of aryl methyl sites for hydroxylation is 2. The third-order valence-electron chi connectivity index (χ3n) is 4.28. The predicted octanol–water partition coefficient (Wildman–Crippen LogP) is 0.694. The fraction of sp³-hybridized carbons (Fsp3) is 0.438. The Morgan fingerprint density at radius 2 is 2.00 bits per heavy atom. The number of nitrogens with one attached hydrogen (secondary N) is 1. The summed E-state index contributed by atoms with van der Waals surface area (Å²) in [7, 11) is 0. The molecule has 7 nitrogen and oxygen atoms in total. The molecule has 7 heteroatoms. The highest BCUT2D eigenvalue weighted by Gasteiger charge is 2.43. The van der Waals surface area contributed by atoms with Crippen molar-refractivity contribution in [2.75, 3.05) is 0 Å². The monoisotopic (exact) mass is 317 g/mol. The van der Waals surface area contributed by atoms with Gasteiger partial charge in [0.25, 0.3) is 5.91 Å². The van der Waals surface area contributed by atoms with Gasteiger partial charge in [-0.3, -0.25) is 4.79 Å². The van der Waals surface area contributed by atoms with Gasteiger partial charge in [0.1, 0.15) is 24.0 Å². The van der Waals surface area contributed by atoms with Gasteiger partial charge in [-0.15, -0.1) is 0 Å². The van der Waals surface area contributed by atoms with Gasteiger partial charge in [0.15, 0.2) is 0 Å². The maximum absolute atomic E-state index is 12.5. The molecule has 1 aliphatic carbocycles. The van der Waals surface area contributed by atoms with E-state index in [4.69, 9.17) is 4.42 Å². The summed E-state index contributed by atoms with van der Waals surface area (Å²) in [6, 6.07) is 1.04. The quantitative estimate of drug-likeness (QED) is 0.769. The highest BCUT2D eigenvalue weighted by molar-refractivity contribution is 5.95. The van der Waals surface area contributed by atoms with Crippen LogP contribution in [0.25, 0.3) is 0 Å². The van der Waals surface area contributed by atoms with Crippen molar-refractivity contribution in [1.29, 1.82) is 0 Å². The molecular weight excluding hydrogens is 298 g/mol. The molecule has 0 radical (unpaired) electrons. The van der Waals surface area contributed by atoms with E-state index in [-0.39, 0.29) is 11.8 Å². The fourth-order valence-electron chi connectivity index (χ4n) is 3.14. The molecule has 0 bridgehead atoms. The molecule has 4 atom stereocenters. The average molecular weight is 317 g/mol. The van der Waals surface area contributed by atoms with Gasteiger partial charge >= 0.3 is 0 Å². The molecule has 1 saturated carbocycles. The van der Waals surface area contributed by atoms with Crippen LogP contribution in [0.3, 0.4) is 0 Å². The molecule has 0 aliphatic heterocycles. The Kier molecular flexibility index (Phi) is 4.14. The van der Waals surface area contributed by atoms with E-state index >= 15 is 0 Å². The van der Waals surface area contributed by atoms with Gasteiger partial charge in [-0.1, -0.05) is 0 Å². The lowest BCUT2D eigenvalue weighted by molar-refractivity contribution is 0.0294. The number of amides is 1. The maximum atomic E-state index is 12.5. The van der Waals surface area contributed by atoms with Crippen LogP contribution in [0.5, 0.6) is 0 Å². The minimum atomic E-state index is -1.04. The van der Waals surface area contributed by atoms with E-state index in [0.717, 1.165) is 5.56 Å². The SMILES string of the molecule is Cc1cc(C(=O)N[C@H]2[C@H](O)[C@H](O)C[C@@H]2c2cncnc2)c(C)o1. The molecule has 2 heterocycles. The highest BCUT2D eigenvalue weighted by atomic mass is 16.3. The fourth-order valence-corrected chi connectivity index (χ4v) is 3.14. The number of aliphatic hydroxyl groups excluding tert-OH is 2. The van der Waals surface area contributed by atoms with Crippen LogP contribution in [0.1, 0.15) is 39.8 Å². The summed E-state index contributed by atoms with van der Waals surface area (Å²) in [5, 5.41) is 23.0. The Morgan fingerprint density at radius 3 is 2.61 bits per heavy atom. The van der Waals surface area contributed by atoms with Gasteiger partial charge in [0.05, 0.1) is 17.7 Å². The summed E-state index contributed by atoms with van der Waals surface area (Å²) >= 11 is 0. The zero-order chi connectivity index (χ0) is 16.6. The Labute approximate surface area is 133 Å². The van der Waals surface area contributed by atoms with E-state index in [0.29, 0.717) is 23.5 Å². The number of furan rings is 1. The topological polar surface area (TPSA) is 108 Å². The summed E-state index contributed by atoms with van der Waals surface area (Å²) < 4.78 is 5.37. The number of rotatable bonds is 3. The molecule has 0 unspecified atom stereocenters. The summed E-state index contributed by atoms with van der Waals surface area (Å²) in [5.74, 6) is 0.582. The second-order valence-corrected chi connectivity index (χ2v) is 5.90. The van der Waals surface area contributed by atoms with Crippen LogP contribution in [-0.2, 0) is 0 Å². The molecule has 0 saturated heterocycles. The summed E-state index contributed by atoms with van der Waals surface area (Å²) in [6.45, 7) is 3.48. The van der Waals surface area contributed by atoms with Crippen molar-refractivity contribution in [3.63, 3.8) is 0 Å². The molecule has 0 aromatic carbocycles. The molecule has 2 aromatic rings. The molecule has 1 amide bonds.